The molecule has 102 valence electrons. The summed E-state index contributed by atoms with van der Waals surface area (Å²) >= 11 is 0. The number of allylic oxidation sites excluding steroid dienone is 2. The molecule has 0 nitrogen and oxygen atoms in total. The minimum absolute atomic E-state index is 0. The van der Waals surface area contributed by atoms with E-state index in [4.69, 9.17) is 0 Å². The van der Waals surface area contributed by atoms with E-state index in [-0.39, 0.29) is 26.2 Å². The van der Waals surface area contributed by atoms with Crippen LogP contribution in [0.15, 0.2) is 5.57 Å². The Morgan fingerprint density at radius 2 is 1.25 bits per heavy atom. The SMILES string of the molecule is [CH2-][C@H]1C(=[C-]C)CC[C@@H]1C.[CH]1[CH][CH][CH][CH]1.[CH]1[CH][CH][CH][CH]1.[Zr+4]. The minimum atomic E-state index is 0. The van der Waals surface area contributed by atoms with Gasteiger partial charge in [0, 0.05) is 0 Å². The summed E-state index contributed by atoms with van der Waals surface area (Å²) in [6.07, 6.45) is 25.7. The van der Waals surface area contributed by atoms with Crippen LogP contribution in [0.4, 0.5) is 0 Å². The predicted molar refractivity (Wildman–Crippen MR) is 82.7 cm³/mol. The molecule has 0 aromatic rings. The van der Waals surface area contributed by atoms with E-state index in [1.54, 1.807) is 0 Å². The summed E-state index contributed by atoms with van der Waals surface area (Å²) in [4.78, 5) is 0. The summed E-state index contributed by atoms with van der Waals surface area (Å²) in [6.45, 7) is 8.33. The average Bonchev–Trinajstić information content (AvgIpc) is 3.16. The zero-order valence-electron chi connectivity index (χ0n) is 12.5. The molecule has 1 heteroatoms. The molecule has 3 rings (SSSR count). The Labute approximate surface area is 147 Å². The second-order valence-electron chi connectivity index (χ2n) is 4.82. The van der Waals surface area contributed by atoms with Gasteiger partial charge >= 0.3 is 26.2 Å². The molecule has 20 heavy (non-hydrogen) atoms. The van der Waals surface area contributed by atoms with Gasteiger partial charge in [0.1, 0.15) is 0 Å². The van der Waals surface area contributed by atoms with Crippen LogP contribution in [0.25, 0.3) is 0 Å². The molecule has 0 saturated heterocycles. The molecule has 0 bridgehead atoms. The topological polar surface area (TPSA) is 0 Å². The first-order valence-corrected chi connectivity index (χ1v) is 6.95. The van der Waals surface area contributed by atoms with Crippen molar-refractivity contribution < 1.29 is 26.2 Å². The first kappa shape index (κ1) is 20.6. The van der Waals surface area contributed by atoms with Crippen molar-refractivity contribution in [1.29, 1.82) is 0 Å². The molecule has 3 aliphatic rings. The fourth-order valence-corrected chi connectivity index (χ4v) is 2.07. The fraction of sp³-hybridized carbons (Fsp3) is 0.316. The first-order chi connectivity index (χ1) is 9.25. The van der Waals surface area contributed by atoms with Crippen LogP contribution >= 0.6 is 0 Å². The van der Waals surface area contributed by atoms with Gasteiger partial charge in [-0.05, 0) is 64.2 Å². The average molecular weight is 344 g/mol. The van der Waals surface area contributed by atoms with Gasteiger partial charge in [-0.2, -0.15) is 12.8 Å². The van der Waals surface area contributed by atoms with Gasteiger partial charge in [-0.15, -0.1) is 0 Å². The Balaban J connectivity index is 0.000000282. The van der Waals surface area contributed by atoms with Gasteiger partial charge in [0.25, 0.3) is 0 Å². The molecule has 2 atom stereocenters. The maximum Gasteiger partial charge on any atom is 4.00 e. The fourth-order valence-electron chi connectivity index (χ4n) is 2.07. The van der Waals surface area contributed by atoms with Gasteiger partial charge in [0.05, 0.1) is 0 Å². The smallest absolute Gasteiger partial charge is 0.503 e. The van der Waals surface area contributed by atoms with Gasteiger partial charge in [-0.25, -0.2) is 0 Å². The van der Waals surface area contributed by atoms with Crippen molar-refractivity contribution in [3.8, 4) is 0 Å². The number of hydrogen-bond acceptors (Lipinski definition) is 0. The standard InChI is InChI=1S/C9H14.2C5H5.Zr/c1-4-9-6-5-7(2)8(9)3;2*1-2-4-5-3-1;/h7-8H,3,5-6H2,1-2H3;2*1-5H;/q-2;;;+4/t7-,8+;;;/m0.../s1. The molecular formula is C19H24Zr+2. The number of hydrogen-bond donors (Lipinski definition) is 0. The Morgan fingerprint density at radius 1 is 0.900 bits per heavy atom. The minimum Gasteiger partial charge on any atom is -0.503 e. The summed E-state index contributed by atoms with van der Waals surface area (Å²) in [5, 5.41) is 0. The molecule has 0 heterocycles. The van der Waals surface area contributed by atoms with Crippen LogP contribution in [0.2, 0.25) is 0 Å². The monoisotopic (exact) mass is 342 g/mol. The van der Waals surface area contributed by atoms with Gasteiger partial charge in [-0.1, -0.05) is 25.7 Å². The van der Waals surface area contributed by atoms with Gasteiger partial charge in [0.15, 0.2) is 0 Å². The quantitative estimate of drug-likeness (QED) is 0.561. The van der Waals surface area contributed by atoms with Crippen LogP contribution < -0.4 is 0 Å². The molecule has 0 amide bonds. The zero-order chi connectivity index (χ0) is 13.9. The summed E-state index contributed by atoms with van der Waals surface area (Å²) in [6, 6.07) is 0. The Hall–Kier alpha value is 0.623. The van der Waals surface area contributed by atoms with Crippen molar-refractivity contribution in [2.75, 3.05) is 0 Å². The molecule has 0 aromatic heterocycles. The molecule has 0 unspecified atom stereocenters. The van der Waals surface area contributed by atoms with Crippen LogP contribution in [0, 0.1) is 89.0 Å². The molecular weight excluding hydrogens is 319 g/mol. The third kappa shape index (κ3) is 8.81. The van der Waals surface area contributed by atoms with Gasteiger partial charge < -0.3 is 13.0 Å². The second kappa shape index (κ2) is 13.3. The van der Waals surface area contributed by atoms with Crippen molar-refractivity contribution in [2.45, 2.75) is 26.7 Å². The molecule has 0 N–H and O–H groups in total. The van der Waals surface area contributed by atoms with E-state index in [9.17, 15) is 0 Å². The largest absolute Gasteiger partial charge is 4.00 e. The maximum atomic E-state index is 4.07. The molecule has 3 saturated carbocycles. The number of rotatable bonds is 0. The van der Waals surface area contributed by atoms with Crippen molar-refractivity contribution in [2.24, 2.45) is 11.8 Å². The Kier molecular flexibility index (Phi) is 13.7. The maximum absolute atomic E-state index is 4.07. The van der Waals surface area contributed by atoms with E-state index in [1.807, 2.05) is 71.1 Å². The van der Waals surface area contributed by atoms with Crippen LogP contribution in [0.5, 0.6) is 0 Å². The van der Waals surface area contributed by atoms with E-state index < -0.39 is 0 Å². The van der Waals surface area contributed by atoms with Crippen LogP contribution in [0.1, 0.15) is 26.7 Å². The van der Waals surface area contributed by atoms with Crippen LogP contribution in [-0.2, 0) is 26.2 Å². The summed E-state index contributed by atoms with van der Waals surface area (Å²) in [5.74, 6) is 1.34. The molecule has 0 aromatic carbocycles. The van der Waals surface area contributed by atoms with Crippen molar-refractivity contribution in [1.82, 2.24) is 0 Å². The second-order valence-corrected chi connectivity index (χ2v) is 4.82. The molecule has 3 aliphatic carbocycles. The normalized spacial score (nSPS) is 30.1. The molecule has 0 aliphatic heterocycles. The van der Waals surface area contributed by atoms with Crippen molar-refractivity contribution in [3.63, 3.8) is 0 Å². The van der Waals surface area contributed by atoms with Crippen LogP contribution in [0.3, 0.4) is 0 Å². The van der Waals surface area contributed by atoms with E-state index >= 15 is 0 Å². The zero-order valence-corrected chi connectivity index (χ0v) is 15.0. The van der Waals surface area contributed by atoms with Gasteiger partial charge in [0.2, 0.25) is 0 Å². The van der Waals surface area contributed by atoms with E-state index in [0.29, 0.717) is 5.92 Å². The predicted octanol–water partition coefficient (Wildman–Crippen LogP) is 4.66. The summed E-state index contributed by atoms with van der Waals surface area (Å²) < 4.78 is 0. The molecule has 10 radical (unpaired) electrons. The molecule has 0 spiro atoms. The first-order valence-electron chi connectivity index (χ1n) is 6.95. The van der Waals surface area contributed by atoms with E-state index in [1.165, 1.54) is 18.4 Å². The van der Waals surface area contributed by atoms with Crippen LogP contribution in [-0.4, -0.2) is 0 Å². The third-order valence-corrected chi connectivity index (χ3v) is 3.44. The summed E-state index contributed by atoms with van der Waals surface area (Å²) in [7, 11) is 0. The van der Waals surface area contributed by atoms with Crippen molar-refractivity contribution in [3.05, 3.63) is 82.8 Å². The summed E-state index contributed by atoms with van der Waals surface area (Å²) in [5.41, 5.74) is 1.43. The van der Waals surface area contributed by atoms with Gasteiger partial charge in [-0.3, -0.25) is 5.57 Å². The van der Waals surface area contributed by atoms with E-state index in [0.717, 1.165) is 5.92 Å². The van der Waals surface area contributed by atoms with E-state index in [2.05, 4.69) is 19.9 Å². The third-order valence-electron chi connectivity index (χ3n) is 3.44. The molecule has 3 fully saturated rings. The van der Waals surface area contributed by atoms with Crippen molar-refractivity contribution >= 4 is 0 Å². The Bertz CT molecular complexity index is 211. The Morgan fingerprint density at radius 3 is 1.40 bits per heavy atom.